The van der Waals surface area contributed by atoms with Gasteiger partial charge < -0.3 is 19.5 Å². The van der Waals surface area contributed by atoms with Crippen molar-refractivity contribution in [3.05, 3.63) is 93.7 Å². The van der Waals surface area contributed by atoms with Gasteiger partial charge in [0.05, 0.1) is 25.8 Å². The Morgan fingerprint density at radius 1 is 1.06 bits per heavy atom. The highest BCUT2D eigenvalue weighted by Crippen LogP contribution is 2.39. The van der Waals surface area contributed by atoms with E-state index in [2.05, 4.69) is 20.9 Å². The van der Waals surface area contributed by atoms with Gasteiger partial charge in [0.1, 0.15) is 5.76 Å². The third-order valence-electron chi connectivity index (χ3n) is 5.75. The highest BCUT2D eigenvalue weighted by atomic mass is 79.9. The molecule has 0 spiro atoms. The Balaban J connectivity index is 1.72. The number of aliphatic hydroxyl groups excluding tert-OH is 1. The van der Waals surface area contributed by atoms with Crippen LogP contribution in [-0.2, 0) is 16.0 Å². The standard InChI is InChI=1S/C26H23BrN2O5/c1-33-20-10-5-16(14-21(20)34-2)11-13-29-23(18-4-3-12-28-15-18)22(25(31)26(29)32)24(30)17-6-8-19(27)9-7-17/h3-10,12,14-15,23,30H,11,13H2,1-2H3/t23-/m0/s1. The van der Waals surface area contributed by atoms with Crippen molar-refractivity contribution >= 4 is 33.4 Å². The first-order valence-corrected chi connectivity index (χ1v) is 11.4. The van der Waals surface area contributed by atoms with Crippen LogP contribution in [0.5, 0.6) is 11.5 Å². The van der Waals surface area contributed by atoms with Crippen LogP contribution >= 0.6 is 15.9 Å². The third-order valence-corrected chi connectivity index (χ3v) is 6.28. The number of pyridine rings is 1. The molecule has 8 heteroatoms. The van der Waals surface area contributed by atoms with E-state index in [0.717, 1.165) is 10.0 Å². The zero-order valence-corrected chi connectivity index (χ0v) is 20.3. The molecule has 2 aromatic carbocycles. The molecule has 1 aliphatic rings. The molecule has 3 aromatic rings. The number of methoxy groups -OCH3 is 2. The normalized spacial score (nSPS) is 17.1. The van der Waals surface area contributed by atoms with E-state index in [1.807, 2.05) is 12.1 Å². The van der Waals surface area contributed by atoms with Crippen molar-refractivity contribution < 1.29 is 24.2 Å². The smallest absolute Gasteiger partial charge is 0.295 e. The highest BCUT2D eigenvalue weighted by Gasteiger charge is 2.45. The maximum atomic E-state index is 13.1. The number of rotatable bonds is 7. The molecule has 4 rings (SSSR count). The first-order chi connectivity index (χ1) is 16.4. The second kappa shape index (κ2) is 10.1. The Bertz CT molecular complexity index is 1240. The van der Waals surface area contributed by atoms with E-state index in [1.165, 1.54) is 4.90 Å². The number of carbonyl (C=O) groups excluding carboxylic acids is 2. The van der Waals surface area contributed by atoms with Crippen molar-refractivity contribution in [1.82, 2.24) is 9.88 Å². The molecule has 0 unspecified atom stereocenters. The summed E-state index contributed by atoms with van der Waals surface area (Å²) in [5.41, 5.74) is 2.06. The Hall–Kier alpha value is -3.65. The number of hydrogen-bond donors (Lipinski definition) is 1. The van der Waals surface area contributed by atoms with Gasteiger partial charge in [-0.1, -0.05) is 40.2 Å². The first kappa shape index (κ1) is 23.5. The van der Waals surface area contributed by atoms with E-state index in [-0.39, 0.29) is 17.9 Å². The Labute approximate surface area is 205 Å². The van der Waals surface area contributed by atoms with Crippen molar-refractivity contribution in [2.45, 2.75) is 12.5 Å². The van der Waals surface area contributed by atoms with Gasteiger partial charge in [0.15, 0.2) is 11.5 Å². The number of amides is 1. The van der Waals surface area contributed by atoms with Gasteiger partial charge in [-0.3, -0.25) is 14.6 Å². The average Bonchev–Trinajstić information content (AvgIpc) is 3.12. The van der Waals surface area contributed by atoms with Crippen LogP contribution in [0.4, 0.5) is 0 Å². The molecule has 2 heterocycles. The summed E-state index contributed by atoms with van der Waals surface area (Å²) < 4.78 is 11.5. The molecule has 0 bridgehead atoms. The minimum Gasteiger partial charge on any atom is -0.507 e. The lowest BCUT2D eigenvalue weighted by Gasteiger charge is -2.25. The van der Waals surface area contributed by atoms with Crippen molar-refractivity contribution in [3.63, 3.8) is 0 Å². The number of carbonyl (C=O) groups is 2. The van der Waals surface area contributed by atoms with Crippen molar-refractivity contribution in [1.29, 1.82) is 0 Å². The first-order valence-electron chi connectivity index (χ1n) is 10.6. The zero-order chi connectivity index (χ0) is 24.2. The lowest BCUT2D eigenvalue weighted by atomic mass is 9.96. The summed E-state index contributed by atoms with van der Waals surface area (Å²) in [7, 11) is 3.13. The number of hydrogen-bond acceptors (Lipinski definition) is 6. The number of ether oxygens (including phenoxy) is 2. The van der Waals surface area contributed by atoms with Crippen LogP contribution in [0.1, 0.15) is 22.7 Å². The molecule has 1 amide bonds. The fourth-order valence-electron chi connectivity index (χ4n) is 4.04. The number of ketones is 1. The molecule has 0 saturated carbocycles. The van der Waals surface area contributed by atoms with E-state index in [1.54, 1.807) is 69.1 Å². The predicted molar refractivity (Wildman–Crippen MR) is 131 cm³/mol. The van der Waals surface area contributed by atoms with E-state index >= 15 is 0 Å². The monoisotopic (exact) mass is 522 g/mol. The Morgan fingerprint density at radius 2 is 1.79 bits per heavy atom. The van der Waals surface area contributed by atoms with Gasteiger partial charge >= 0.3 is 0 Å². The maximum absolute atomic E-state index is 13.1. The molecular weight excluding hydrogens is 500 g/mol. The molecular formula is C26H23BrN2O5. The fraction of sp³-hybridized carbons (Fsp3) is 0.192. The minimum absolute atomic E-state index is 0.0487. The van der Waals surface area contributed by atoms with E-state index in [4.69, 9.17) is 9.47 Å². The molecule has 1 saturated heterocycles. The van der Waals surface area contributed by atoms with Gasteiger partial charge in [-0.05, 0) is 47.9 Å². The van der Waals surface area contributed by atoms with Crippen LogP contribution in [0.25, 0.3) is 5.76 Å². The van der Waals surface area contributed by atoms with Gasteiger partial charge in [-0.25, -0.2) is 0 Å². The Kier molecular flexibility index (Phi) is 6.98. The van der Waals surface area contributed by atoms with Gasteiger partial charge in [0.25, 0.3) is 11.7 Å². The van der Waals surface area contributed by atoms with Crippen molar-refractivity contribution in [2.24, 2.45) is 0 Å². The summed E-state index contributed by atoms with van der Waals surface area (Å²) >= 11 is 3.37. The van der Waals surface area contributed by atoms with E-state index in [9.17, 15) is 14.7 Å². The van der Waals surface area contributed by atoms with Crippen LogP contribution in [-0.4, -0.2) is 47.4 Å². The van der Waals surface area contributed by atoms with Crippen molar-refractivity contribution in [2.75, 3.05) is 20.8 Å². The van der Waals surface area contributed by atoms with Crippen molar-refractivity contribution in [3.8, 4) is 11.5 Å². The van der Waals surface area contributed by atoms with Crippen LogP contribution in [0, 0.1) is 0 Å². The number of Topliss-reactive ketones (excluding diaryl/α,β-unsaturated/α-hetero) is 1. The van der Waals surface area contributed by atoms with Crippen LogP contribution in [0.3, 0.4) is 0 Å². The summed E-state index contributed by atoms with van der Waals surface area (Å²) in [5, 5.41) is 11.1. The highest BCUT2D eigenvalue weighted by molar-refractivity contribution is 9.10. The van der Waals surface area contributed by atoms with Gasteiger partial charge in [-0.2, -0.15) is 0 Å². The van der Waals surface area contributed by atoms with Crippen LogP contribution in [0.2, 0.25) is 0 Å². The number of benzene rings is 2. The van der Waals surface area contributed by atoms with Gasteiger partial charge in [0.2, 0.25) is 0 Å². The van der Waals surface area contributed by atoms with E-state index < -0.39 is 17.7 Å². The lowest BCUT2D eigenvalue weighted by molar-refractivity contribution is -0.139. The maximum Gasteiger partial charge on any atom is 0.295 e. The SMILES string of the molecule is COc1ccc(CCN2C(=O)C(=O)C(=C(O)c3ccc(Br)cc3)[C@@H]2c2cccnc2)cc1OC. The summed E-state index contributed by atoms with van der Waals surface area (Å²) in [4.78, 5) is 31.8. The fourth-order valence-corrected chi connectivity index (χ4v) is 4.31. The van der Waals surface area contributed by atoms with Crippen LogP contribution in [0.15, 0.2) is 77.0 Å². The molecule has 1 aromatic heterocycles. The number of nitrogens with zero attached hydrogens (tertiary/aromatic N) is 2. The van der Waals surface area contributed by atoms with Gasteiger partial charge in [-0.15, -0.1) is 0 Å². The molecule has 174 valence electrons. The molecule has 34 heavy (non-hydrogen) atoms. The molecule has 0 radical (unpaired) electrons. The number of likely N-dealkylation sites (tertiary alicyclic amines) is 1. The largest absolute Gasteiger partial charge is 0.507 e. The third kappa shape index (κ3) is 4.54. The van der Waals surface area contributed by atoms with Gasteiger partial charge in [0, 0.05) is 29.0 Å². The molecule has 1 aliphatic heterocycles. The summed E-state index contributed by atoms with van der Waals surface area (Å²) in [5.74, 6) is -0.402. The number of aromatic nitrogens is 1. The summed E-state index contributed by atoms with van der Waals surface area (Å²) in [6, 6.07) is 15.2. The molecule has 1 fully saturated rings. The summed E-state index contributed by atoms with van der Waals surface area (Å²) in [6.07, 6.45) is 3.70. The van der Waals surface area contributed by atoms with Crippen LogP contribution < -0.4 is 9.47 Å². The average molecular weight is 523 g/mol. The second-order valence-electron chi connectivity index (χ2n) is 7.73. The topological polar surface area (TPSA) is 89.0 Å². The quantitative estimate of drug-likeness (QED) is 0.278. The minimum atomic E-state index is -0.752. The molecule has 7 nitrogen and oxygen atoms in total. The molecule has 0 aliphatic carbocycles. The predicted octanol–water partition coefficient (Wildman–Crippen LogP) is 4.53. The number of aliphatic hydroxyl groups is 1. The van der Waals surface area contributed by atoms with E-state index in [0.29, 0.717) is 29.0 Å². The second-order valence-corrected chi connectivity index (χ2v) is 8.64. The molecule has 1 atom stereocenters. The number of halogens is 1. The zero-order valence-electron chi connectivity index (χ0n) is 18.7. The Morgan fingerprint density at radius 3 is 2.44 bits per heavy atom. The summed E-state index contributed by atoms with van der Waals surface area (Å²) in [6.45, 7) is 0.261. The molecule has 1 N–H and O–H groups in total. The lowest BCUT2D eigenvalue weighted by Crippen LogP contribution is -2.31.